The summed E-state index contributed by atoms with van der Waals surface area (Å²) in [6.07, 6.45) is 3.02. The Bertz CT molecular complexity index is 298. The van der Waals surface area contributed by atoms with Crippen molar-refractivity contribution >= 4 is 0 Å². The van der Waals surface area contributed by atoms with Crippen LogP contribution in [0.4, 0.5) is 0 Å². The Labute approximate surface area is 78.5 Å². The lowest BCUT2D eigenvalue weighted by atomic mass is 9.77. The summed E-state index contributed by atoms with van der Waals surface area (Å²) in [4.78, 5) is 0. The summed E-state index contributed by atoms with van der Waals surface area (Å²) in [5, 5.41) is 6.86. The minimum Gasteiger partial charge on any atom is -0.476 e. The third-order valence-corrected chi connectivity index (χ3v) is 2.79. The second-order valence-corrected chi connectivity index (χ2v) is 4.79. The van der Waals surface area contributed by atoms with Gasteiger partial charge in [-0.15, -0.1) is 5.10 Å². The first-order valence-corrected chi connectivity index (χ1v) is 4.73. The smallest absolute Gasteiger partial charge is 0.235 e. The van der Waals surface area contributed by atoms with Crippen LogP contribution in [0.25, 0.3) is 0 Å². The molecule has 0 bridgehead atoms. The maximum Gasteiger partial charge on any atom is 0.235 e. The van der Waals surface area contributed by atoms with Crippen LogP contribution in [0.15, 0.2) is 6.20 Å². The predicted molar refractivity (Wildman–Crippen MR) is 50.7 cm³/mol. The normalized spacial score (nSPS) is 22.2. The van der Waals surface area contributed by atoms with E-state index in [0.717, 1.165) is 18.9 Å². The minimum atomic E-state index is 0.314. The van der Waals surface area contributed by atoms with Crippen LogP contribution in [0.5, 0.6) is 5.88 Å². The number of fused-ring (bicyclic) bond motifs is 1. The van der Waals surface area contributed by atoms with Crippen LogP contribution in [-0.4, -0.2) is 16.8 Å². The zero-order valence-corrected chi connectivity index (χ0v) is 8.42. The first kappa shape index (κ1) is 8.60. The summed E-state index contributed by atoms with van der Waals surface area (Å²) in [5.41, 5.74) is 1.53. The Morgan fingerprint density at radius 3 is 3.00 bits per heavy atom. The van der Waals surface area contributed by atoms with Crippen LogP contribution in [0, 0.1) is 11.3 Å². The molecule has 1 aromatic rings. The van der Waals surface area contributed by atoms with E-state index in [1.165, 1.54) is 5.56 Å². The Kier molecular flexibility index (Phi) is 1.82. The predicted octanol–water partition coefficient (Wildman–Crippen LogP) is 2.01. The fourth-order valence-electron chi connectivity index (χ4n) is 1.63. The van der Waals surface area contributed by atoms with E-state index in [-0.39, 0.29) is 0 Å². The molecule has 1 aromatic heterocycles. The number of aromatic nitrogens is 2. The molecule has 2 rings (SSSR count). The molecule has 1 N–H and O–H groups in total. The highest BCUT2D eigenvalue weighted by atomic mass is 16.5. The number of aromatic amines is 1. The van der Waals surface area contributed by atoms with E-state index in [1.807, 2.05) is 6.20 Å². The number of nitrogens with zero attached hydrogens (tertiary/aromatic N) is 1. The molecule has 0 radical (unpaired) electrons. The van der Waals surface area contributed by atoms with E-state index in [2.05, 4.69) is 31.0 Å². The van der Waals surface area contributed by atoms with Gasteiger partial charge >= 0.3 is 0 Å². The van der Waals surface area contributed by atoms with Gasteiger partial charge in [0, 0.05) is 17.7 Å². The third-order valence-electron chi connectivity index (χ3n) is 2.79. The number of hydrogen-bond acceptors (Lipinski definition) is 2. The van der Waals surface area contributed by atoms with Crippen LogP contribution >= 0.6 is 0 Å². The summed E-state index contributed by atoms with van der Waals surface area (Å²) in [6.45, 7) is 7.56. The molecule has 2 heterocycles. The molecule has 0 aromatic carbocycles. The average Bonchev–Trinajstić information content (AvgIpc) is 2.47. The summed E-state index contributed by atoms with van der Waals surface area (Å²) in [5.74, 6) is 1.39. The molecule has 13 heavy (non-hydrogen) atoms. The van der Waals surface area contributed by atoms with Crippen molar-refractivity contribution in [3.8, 4) is 5.88 Å². The maximum absolute atomic E-state index is 5.56. The van der Waals surface area contributed by atoms with Crippen molar-refractivity contribution in [2.75, 3.05) is 6.61 Å². The van der Waals surface area contributed by atoms with Crippen LogP contribution in [0.1, 0.15) is 26.3 Å². The number of rotatable bonds is 0. The molecule has 0 spiro atoms. The minimum absolute atomic E-state index is 0.314. The summed E-state index contributed by atoms with van der Waals surface area (Å²) < 4.78 is 5.56. The number of nitrogens with one attached hydrogen (secondary N) is 1. The number of hydrogen-bond donors (Lipinski definition) is 1. The van der Waals surface area contributed by atoms with E-state index >= 15 is 0 Å². The van der Waals surface area contributed by atoms with E-state index in [9.17, 15) is 0 Å². The van der Waals surface area contributed by atoms with Crippen molar-refractivity contribution in [1.82, 2.24) is 10.2 Å². The molecule has 72 valence electrons. The molecule has 0 aliphatic carbocycles. The molecule has 1 aliphatic heterocycles. The van der Waals surface area contributed by atoms with Gasteiger partial charge in [0.05, 0.1) is 6.61 Å². The Morgan fingerprint density at radius 1 is 1.54 bits per heavy atom. The molecule has 1 unspecified atom stereocenters. The van der Waals surface area contributed by atoms with Gasteiger partial charge in [0.15, 0.2) is 0 Å². The SMILES string of the molecule is CC(C)(C)C1COc2n[nH]cc2C1. The topological polar surface area (TPSA) is 37.9 Å². The van der Waals surface area contributed by atoms with Gasteiger partial charge in [-0.1, -0.05) is 20.8 Å². The van der Waals surface area contributed by atoms with Gasteiger partial charge in [-0.25, -0.2) is 0 Å². The monoisotopic (exact) mass is 180 g/mol. The Morgan fingerprint density at radius 2 is 2.31 bits per heavy atom. The van der Waals surface area contributed by atoms with Crippen molar-refractivity contribution in [3.05, 3.63) is 11.8 Å². The zero-order chi connectivity index (χ0) is 9.47. The molecule has 0 saturated carbocycles. The average molecular weight is 180 g/mol. The van der Waals surface area contributed by atoms with Crippen LogP contribution < -0.4 is 4.74 Å². The molecule has 1 aliphatic rings. The Hall–Kier alpha value is -0.990. The quantitative estimate of drug-likeness (QED) is 0.663. The van der Waals surface area contributed by atoms with Gasteiger partial charge < -0.3 is 4.74 Å². The molecule has 3 heteroatoms. The lowest BCUT2D eigenvalue weighted by Crippen LogP contribution is -2.31. The van der Waals surface area contributed by atoms with E-state index in [0.29, 0.717) is 11.3 Å². The van der Waals surface area contributed by atoms with E-state index in [1.54, 1.807) is 0 Å². The maximum atomic E-state index is 5.56. The van der Waals surface area contributed by atoms with Gasteiger partial charge in [-0.2, -0.15) is 0 Å². The van der Waals surface area contributed by atoms with Gasteiger partial charge in [-0.05, 0) is 11.8 Å². The molecule has 1 atom stereocenters. The highest BCUT2D eigenvalue weighted by Crippen LogP contribution is 2.34. The second kappa shape index (κ2) is 2.76. The summed E-state index contributed by atoms with van der Waals surface area (Å²) in [7, 11) is 0. The van der Waals surface area contributed by atoms with Crippen LogP contribution in [0.3, 0.4) is 0 Å². The summed E-state index contributed by atoms with van der Waals surface area (Å²) >= 11 is 0. The molecular weight excluding hydrogens is 164 g/mol. The van der Waals surface area contributed by atoms with E-state index in [4.69, 9.17) is 4.74 Å². The zero-order valence-electron chi connectivity index (χ0n) is 8.42. The lowest BCUT2D eigenvalue weighted by molar-refractivity contribution is 0.123. The molecule has 3 nitrogen and oxygen atoms in total. The van der Waals surface area contributed by atoms with Gasteiger partial charge in [-0.3, -0.25) is 5.10 Å². The second-order valence-electron chi connectivity index (χ2n) is 4.79. The summed E-state index contributed by atoms with van der Waals surface area (Å²) in [6, 6.07) is 0. The van der Waals surface area contributed by atoms with Gasteiger partial charge in [0.25, 0.3) is 0 Å². The van der Waals surface area contributed by atoms with Crippen molar-refractivity contribution in [3.63, 3.8) is 0 Å². The standard InChI is InChI=1S/C10H16N2O/c1-10(2,3)8-4-7-5-11-12-9(7)13-6-8/h5,8H,4,6H2,1-3H3,(H,11,12). The number of ether oxygens (including phenoxy) is 1. The van der Waals surface area contributed by atoms with E-state index < -0.39 is 0 Å². The van der Waals surface area contributed by atoms with Crippen molar-refractivity contribution in [1.29, 1.82) is 0 Å². The fraction of sp³-hybridized carbons (Fsp3) is 0.700. The van der Waals surface area contributed by atoms with Crippen molar-refractivity contribution in [2.45, 2.75) is 27.2 Å². The highest BCUT2D eigenvalue weighted by molar-refractivity contribution is 5.25. The number of H-pyrrole nitrogens is 1. The first-order chi connectivity index (χ1) is 6.07. The first-order valence-electron chi connectivity index (χ1n) is 4.73. The molecule has 0 fully saturated rings. The van der Waals surface area contributed by atoms with Crippen molar-refractivity contribution < 1.29 is 4.74 Å². The Balaban J connectivity index is 2.18. The van der Waals surface area contributed by atoms with Crippen LogP contribution in [0.2, 0.25) is 0 Å². The third kappa shape index (κ3) is 1.55. The molecular formula is C10H16N2O. The fourth-order valence-corrected chi connectivity index (χ4v) is 1.63. The van der Waals surface area contributed by atoms with Crippen LogP contribution in [-0.2, 0) is 6.42 Å². The van der Waals surface area contributed by atoms with Gasteiger partial charge in [0.2, 0.25) is 5.88 Å². The molecule has 0 amide bonds. The largest absolute Gasteiger partial charge is 0.476 e. The molecule has 0 saturated heterocycles. The highest BCUT2D eigenvalue weighted by Gasteiger charge is 2.30. The lowest BCUT2D eigenvalue weighted by Gasteiger charge is -2.32. The van der Waals surface area contributed by atoms with Gasteiger partial charge in [0.1, 0.15) is 0 Å². The van der Waals surface area contributed by atoms with Crippen molar-refractivity contribution in [2.24, 2.45) is 11.3 Å².